The molecule has 0 aliphatic rings. The molecule has 2 aromatic heterocycles. The first-order chi connectivity index (χ1) is 6.22. The van der Waals surface area contributed by atoms with Gasteiger partial charge in [-0.25, -0.2) is 4.98 Å². The number of pyridine rings is 1. The van der Waals surface area contributed by atoms with E-state index in [9.17, 15) is 4.79 Å². The van der Waals surface area contributed by atoms with Crippen LogP contribution in [0.2, 0.25) is 10.2 Å². The van der Waals surface area contributed by atoms with Gasteiger partial charge in [-0.2, -0.15) is 0 Å². The molecule has 66 valence electrons. The van der Waals surface area contributed by atoms with Crippen LogP contribution in [-0.2, 0) is 0 Å². The van der Waals surface area contributed by atoms with E-state index in [0.717, 1.165) is 0 Å². The second kappa shape index (κ2) is 3.01. The molecule has 0 aliphatic heterocycles. The fourth-order valence-corrected chi connectivity index (χ4v) is 1.55. The number of aromatic amines is 1. The zero-order valence-corrected chi connectivity index (χ0v) is 7.86. The topological polar surface area (TPSA) is 45.8 Å². The maximum atomic E-state index is 10.5. The van der Waals surface area contributed by atoms with Crippen molar-refractivity contribution in [2.24, 2.45) is 0 Å². The van der Waals surface area contributed by atoms with E-state index in [-0.39, 0.29) is 0 Å². The Balaban J connectivity index is 2.85. The summed E-state index contributed by atoms with van der Waals surface area (Å²) in [5, 5.41) is 1.49. The number of hydrogen-bond acceptors (Lipinski definition) is 2. The highest BCUT2D eigenvalue weighted by atomic mass is 35.5. The van der Waals surface area contributed by atoms with Gasteiger partial charge in [-0.3, -0.25) is 4.79 Å². The lowest BCUT2D eigenvalue weighted by molar-refractivity contribution is 0.112. The zero-order valence-electron chi connectivity index (χ0n) is 6.34. The van der Waals surface area contributed by atoms with Crippen molar-refractivity contribution in [3.63, 3.8) is 0 Å². The number of halogens is 2. The molecule has 0 bridgehead atoms. The van der Waals surface area contributed by atoms with Crippen LogP contribution in [0.1, 0.15) is 10.4 Å². The largest absolute Gasteiger partial charge is 0.330 e. The molecule has 0 aromatic carbocycles. The number of carbonyl (C=O) groups is 1. The predicted octanol–water partition coefficient (Wildman–Crippen LogP) is 2.68. The monoisotopic (exact) mass is 214 g/mol. The summed E-state index contributed by atoms with van der Waals surface area (Å²) in [6, 6.07) is 1.64. The zero-order chi connectivity index (χ0) is 9.42. The summed E-state index contributed by atoms with van der Waals surface area (Å²) in [5.41, 5.74) is 0.949. The van der Waals surface area contributed by atoms with Crippen LogP contribution in [0.15, 0.2) is 12.3 Å². The lowest BCUT2D eigenvalue weighted by Crippen LogP contribution is -1.85. The van der Waals surface area contributed by atoms with Crippen molar-refractivity contribution in [3.05, 3.63) is 28.0 Å². The maximum absolute atomic E-state index is 10.5. The molecule has 0 unspecified atom stereocenters. The van der Waals surface area contributed by atoms with Gasteiger partial charge in [0.05, 0.1) is 10.6 Å². The Morgan fingerprint density at radius 2 is 2.23 bits per heavy atom. The Bertz CT molecular complexity index is 478. The molecule has 0 atom stereocenters. The van der Waals surface area contributed by atoms with E-state index in [0.29, 0.717) is 33.1 Å². The molecule has 0 saturated carbocycles. The Kier molecular flexibility index (Phi) is 1.98. The fraction of sp³-hybridized carbons (Fsp3) is 0. The molecule has 0 amide bonds. The average Bonchev–Trinajstić information content (AvgIpc) is 2.47. The molecular formula is C8H4Cl2N2O. The highest BCUT2D eigenvalue weighted by Crippen LogP contribution is 2.26. The third-order valence-corrected chi connectivity index (χ3v) is 2.34. The van der Waals surface area contributed by atoms with Crippen LogP contribution in [0.25, 0.3) is 11.0 Å². The van der Waals surface area contributed by atoms with E-state index in [1.807, 2.05) is 0 Å². The van der Waals surface area contributed by atoms with Crippen molar-refractivity contribution in [2.45, 2.75) is 0 Å². The summed E-state index contributed by atoms with van der Waals surface area (Å²) in [6.07, 6.45) is 2.07. The molecular weight excluding hydrogens is 211 g/mol. The van der Waals surface area contributed by atoms with Gasteiger partial charge in [0.25, 0.3) is 0 Å². The number of nitrogens with zero attached hydrogens (tertiary/aromatic N) is 1. The minimum Gasteiger partial charge on any atom is -0.330 e. The van der Waals surface area contributed by atoms with Crippen LogP contribution in [0.4, 0.5) is 0 Å². The van der Waals surface area contributed by atoms with E-state index >= 15 is 0 Å². The van der Waals surface area contributed by atoms with Crippen LogP contribution in [0, 0.1) is 0 Å². The van der Waals surface area contributed by atoms with Gasteiger partial charge in [0, 0.05) is 11.6 Å². The van der Waals surface area contributed by atoms with E-state index in [2.05, 4.69) is 9.97 Å². The first-order valence-electron chi connectivity index (χ1n) is 3.50. The van der Waals surface area contributed by atoms with Crippen molar-refractivity contribution >= 4 is 40.5 Å². The van der Waals surface area contributed by atoms with Gasteiger partial charge in [-0.15, -0.1) is 0 Å². The molecule has 0 radical (unpaired) electrons. The first-order valence-corrected chi connectivity index (χ1v) is 4.26. The predicted molar refractivity (Wildman–Crippen MR) is 51.5 cm³/mol. The minimum absolute atomic E-state index is 0.366. The minimum atomic E-state index is 0.366. The number of fused-ring (bicyclic) bond motifs is 1. The van der Waals surface area contributed by atoms with Crippen LogP contribution in [0.5, 0.6) is 0 Å². The molecule has 0 saturated heterocycles. The van der Waals surface area contributed by atoms with Crippen LogP contribution >= 0.6 is 23.2 Å². The summed E-state index contributed by atoms with van der Waals surface area (Å²) >= 11 is 11.6. The van der Waals surface area contributed by atoms with Crippen molar-refractivity contribution in [3.8, 4) is 0 Å². The summed E-state index contributed by atoms with van der Waals surface area (Å²) in [5.74, 6) is 0. The molecule has 0 aliphatic carbocycles. The van der Waals surface area contributed by atoms with Gasteiger partial charge in [0.15, 0.2) is 6.29 Å². The Labute approximate surface area is 83.7 Å². The van der Waals surface area contributed by atoms with Crippen LogP contribution in [-0.4, -0.2) is 16.3 Å². The molecule has 5 heteroatoms. The smallest absolute Gasteiger partial charge is 0.153 e. The average molecular weight is 215 g/mol. The number of hydrogen-bond donors (Lipinski definition) is 1. The molecule has 1 N–H and O–H groups in total. The molecule has 2 rings (SSSR count). The quantitative estimate of drug-likeness (QED) is 0.743. The van der Waals surface area contributed by atoms with Gasteiger partial charge in [0.1, 0.15) is 10.8 Å². The highest BCUT2D eigenvalue weighted by molar-refractivity contribution is 6.38. The molecule has 0 spiro atoms. The van der Waals surface area contributed by atoms with E-state index in [4.69, 9.17) is 23.2 Å². The molecule has 2 heterocycles. The standard InChI is InChI=1S/C8H4Cl2N2O/c9-6-1-5-7(10)4(3-13)2-11-8(5)12-6/h1-3H,(H,11,12). The van der Waals surface area contributed by atoms with Gasteiger partial charge in [-0.05, 0) is 6.07 Å². The highest BCUT2D eigenvalue weighted by Gasteiger charge is 2.08. The second-order valence-corrected chi connectivity index (χ2v) is 3.31. The van der Waals surface area contributed by atoms with E-state index in [1.165, 1.54) is 6.20 Å². The SMILES string of the molecule is O=Cc1cnc2[nH]c(Cl)cc2c1Cl. The lowest BCUT2D eigenvalue weighted by Gasteiger charge is -1.95. The second-order valence-electron chi connectivity index (χ2n) is 2.52. The van der Waals surface area contributed by atoms with Crippen molar-refractivity contribution in [1.82, 2.24) is 9.97 Å². The maximum Gasteiger partial charge on any atom is 0.153 e. The Morgan fingerprint density at radius 3 is 2.92 bits per heavy atom. The van der Waals surface area contributed by atoms with Gasteiger partial charge < -0.3 is 4.98 Å². The number of nitrogens with one attached hydrogen (secondary N) is 1. The Morgan fingerprint density at radius 1 is 1.46 bits per heavy atom. The van der Waals surface area contributed by atoms with Crippen molar-refractivity contribution in [2.75, 3.05) is 0 Å². The van der Waals surface area contributed by atoms with Crippen molar-refractivity contribution in [1.29, 1.82) is 0 Å². The summed E-state index contributed by atoms with van der Waals surface area (Å²) in [6.45, 7) is 0. The van der Waals surface area contributed by atoms with E-state index < -0.39 is 0 Å². The lowest BCUT2D eigenvalue weighted by atomic mass is 10.2. The van der Waals surface area contributed by atoms with Gasteiger partial charge in [0.2, 0.25) is 0 Å². The molecule has 0 fully saturated rings. The number of H-pyrrole nitrogens is 1. The van der Waals surface area contributed by atoms with E-state index in [1.54, 1.807) is 6.07 Å². The summed E-state index contributed by atoms with van der Waals surface area (Å²) < 4.78 is 0. The number of aldehydes is 1. The Hall–Kier alpha value is -1.06. The molecule has 2 aromatic rings. The van der Waals surface area contributed by atoms with Crippen LogP contribution in [0.3, 0.4) is 0 Å². The van der Waals surface area contributed by atoms with Crippen molar-refractivity contribution < 1.29 is 4.79 Å². The summed E-state index contributed by atoms with van der Waals surface area (Å²) in [4.78, 5) is 17.3. The fourth-order valence-electron chi connectivity index (χ4n) is 1.11. The van der Waals surface area contributed by atoms with Crippen LogP contribution < -0.4 is 0 Å². The summed E-state index contributed by atoms with van der Waals surface area (Å²) in [7, 11) is 0. The third kappa shape index (κ3) is 1.30. The number of aromatic nitrogens is 2. The molecule has 3 nitrogen and oxygen atoms in total. The molecule has 13 heavy (non-hydrogen) atoms. The third-order valence-electron chi connectivity index (χ3n) is 1.71. The normalized spacial score (nSPS) is 10.6. The number of rotatable bonds is 1. The van der Waals surface area contributed by atoms with Gasteiger partial charge >= 0.3 is 0 Å². The van der Waals surface area contributed by atoms with Gasteiger partial charge in [-0.1, -0.05) is 23.2 Å². The first kappa shape index (κ1) is 8.53. The number of carbonyl (C=O) groups excluding carboxylic acids is 1.